The van der Waals surface area contributed by atoms with Gasteiger partial charge in [-0.15, -0.1) is 0 Å². The van der Waals surface area contributed by atoms with Crippen LogP contribution in [-0.4, -0.2) is 142 Å². The van der Waals surface area contributed by atoms with E-state index in [-0.39, 0.29) is 25.6 Å². The first-order valence-electron chi connectivity index (χ1n) is 23.9. The number of hydrogen-bond acceptors (Lipinski definition) is 14. The third kappa shape index (κ3) is 24.4. The average molecular weight is 875 g/mol. The molecule has 11 unspecified atom stereocenters. The van der Waals surface area contributed by atoms with Crippen molar-refractivity contribution in [1.82, 2.24) is 0 Å². The van der Waals surface area contributed by atoms with Crippen molar-refractivity contribution in [3.05, 3.63) is 24.3 Å². The molecule has 11 atom stereocenters. The molecule has 2 aliphatic heterocycles. The van der Waals surface area contributed by atoms with Crippen molar-refractivity contribution in [2.75, 3.05) is 33.0 Å². The van der Waals surface area contributed by atoms with E-state index < -0.39 is 80.7 Å². The molecule has 2 rings (SSSR count). The SMILES string of the molecule is CCCCC/C=C\C/C=C\CCCCCCCC(=O)OC(COCCCCCCCCCCCCCC)COC1OC(COC2OC(CO)C(O)C(O)C2O)C(O)C(O)C1O. The molecule has 0 radical (unpaired) electrons. The van der Waals surface area contributed by atoms with Crippen molar-refractivity contribution in [2.24, 2.45) is 0 Å². The Kier molecular flexibility index (Phi) is 32.6. The molecule has 0 amide bonds. The highest BCUT2D eigenvalue weighted by Crippen LogP contribution is 2.26. The van der Waals surface area contributed by atoms with Crippen LogP contribution in [0.2, 0.25) is 0 Å². The lowest BCUT2D eigenvalue weighted by Gasteiger charge is -2.42. The zero-order valence-corrected chi connectivity index (χ0v) is 37.7. The number of aliphatic hydroxyl groups is 7. The first-order chi connectivity index (χ1) is 29.6. The number of rotatable bonds is 37. The van der Waals surface area contributed by atoms with Gasteiger partial charge in [0.2, 0.25) is 0 Å². The molecule has 2 heterocycles. The van der Waals surface area contributed by atoms with E-state index >= 15 is 0 Å². The molecule has 0 saturated carbocycles. The summed E-state index contributed by atoms with van der Waals surface area (Å²) < 4.78 is 34.2. The first kappa shape index (κ1) is 55.6. The zero-order valence-electron chi connectivity index (χ0n) is 37.7. The molecule has 0 aliphatic carbocycles. The second kappa shape index (κ2) is 35.8. The van der Waals surface area contributed by atoms with E-state index in [4.69, 9.17) is 28.4 Å². The summed E-state index contributed by atoms with van der Waals surface area (Å²) in [7, 11) is 0. The number of allylic oxidation sites excluding steroid dienone is 4. The molecule has 61 heavy (non-hydrogen) atoms. The minimum Gasteiger partial charge on any atom is -0.457 e. The molecule has 2 aliphatic rings. The van der Waals surface area contributed by atoms with Gasteiger partial charge >= 0.3 is 5.97 Å². The second-order valence-electron chi connectivity index (χ2n) is 16.9. The molecule has 0 aromatic rings. The van der Waals surface area contributed by atoms with Crippen LogP contribution in [0.4, 0.5) is 0 Å². The van der Waals surface area contributed by atoms with Crippen LogP contribution in [0.25, 0.3) is 0 Å². The minimum absolute atomic E-state index is 0.0591. The van der Waals surface area contributed by atoms with Crippen molar-refractivity contribution in [1.29, 1.82) is 0 Å². The molecule has 14 nitrogen and oxygen atoms in total. The third-order valence-electron chi connectivity index (χ3n) is 11.5. The van der Waals surface area contributed by atoms with Gasteiger partial charge in [-0.1, -0.05) is 141 Å². The first-order valence-corrected chi connectivity index (χ1v) is 23.9. The lowest BCUT2D eigenvalue weighted by molar-refractivity contribution is -0.332. The number of ether oxygens (including phenoxy) is 6. The van der Waals surface area contributed by atoms with Crippen LogP contribution in [0.15, 0.2) is 24.3 Å². The maximum Gasteiger partial charge on any atom is 0.306 e. The highest BCUT2D eigenvalue weighted by molar-refractivity contribution is 5.69. The van der Waals surface area contributed by atoms with Gasteiger partial charge in [0.25, 0.3) is 0 Å². The lowest BCUT2D eigenvalue weighted by atomic mass is 9.98. The van der Waals surface area contributed by atoms with Crippen molar-refractivity contribution in [3.8, 4) is 0 Å². The quantitative estimate of drug-likeness (QED) is 0.0215. The summed E-state index contributed by atoms with van der Waals surface area (Å²) in [5.41, 5.74) is 0. The third-order valence-corrected chi connectivity index (χ3v) is 11.5. The summed E-state index contributed by atoms with van der Waals surface area (Å²) in [4.78, 5) is 12.9. The van der Waals surface area contributed by atoms with Gasteiger partial charge < -0.3 is 64.2 Å². The Morgan fingerprint density at radius 3 is 1.61 bits per heavy atom. The van der Waals surface area contributed by atoms with Gasteiger partial charge in [0.1, 0.15) is 54.9 Å². The maximum atomic E-state index is 12.9. The summed E-state index contributed by atoms with van der Waals surface area (Å²) in [5, 5.41) is 71.9. The summed E-state index contributed by atoms with van der Waals surface area (Å²) in [6, 6.07) is 0. The molecule has 2 saturated heterocycles. The fourth-order valence-corrected chi connectivity index (χ4v) is 7.49. The summed E-state index contributed by atoms with van der Waals surface area (Å²) in [6.07, 6.45) is 19.5. The minimum atomic E-state index is -1.71. The van der Waals surface area contributed by atoms with Crippen molar-refractivity contribution < 1.29 is 69.0 Å². The van der Waals surface area contributed by atoms with Crippen LogP contribution in [0.1, 0.15) is 168 Å². The zero-order chi connectivity index (χ0) is 44.5. The van der Waals surface area contributed by atoms with Crippen LogP contribution in [0.5, 0.6) is 0 Å². The van der Waals surface area contributed by atoms with E-state index in [0.29, 0.717) is 13.0 Å². The molecular weight excluding hydrogens is 789 g/mol. The van der Waals surface area contributed by atoms with E-state index in [1.54, 1.807) is 0 Å². The van der Waals surface area contributed by atoms with E-state index in [2.05, 4.69) is 38.2 Å². The monoisotopic (exact) mass is 875 g/mol. The number of carbonyl (C=O) groups is 1. The average Bonchev–Trinajstić information content (AvgIpc) is 3.25. The van der Waals surface area contributed by atoms with Crippen LogP contribution in [0.3, 0.4) is 0 Å². The topological polar surface area (TPSA) is 214 Å². The highest BCUT2D eigenvalue weighted by atomic mass is 16.7. The van der Waals surface area contributed by atoms with Gasteiger partial charge in [-0.25, -0.2) is 0 Å². The van der Waals surface area contributed by atoms with E-state index in [1.807, 2.05) is 0 Å². The van der Waals surface area contributed by atoms with Gasteiger partial charge in [0, 0.05) is 13.0 Å². The maximum absolute atomic E-state index is 12.9. The molecule has 358 valence electrons. The molecule has 0 aromatic heterocycles. The standard InChI is InChI=1S/C47H86O14/c1-3-5-7-9-11-13-15-17-18-19-20-22-24-26-28-30-39(49)59-36(33-56-31-29-27-25-23-21-16-14-12-10-8-6-4-2)34-57-46-45(55)43(53)41(51)38(61-46)35-58-47-44(54)42(52)40(50)37(32-48)60-47/h11,13,17-18,36-38,40-48,50-55H,3-10,12,14-16,19-35H2,1-2H3/b13-11-,18-17-. The number of aliphatic hydroxyl groups excluding tert-OH is 7. The smallest absolute Gasteiger partial charge is 0.306 e. The van der Waals surface area contributed by atoms with E-state index in [9.17, 15) is 40.5 Å². The normalized spacial score (nSPS) is 27.6. The van der Waals surface area contributed by atoms with Gasteiger partial charge in [-0.05, 0) is 44.9 Å². The molecule has 0 bridgehead atoms. The highest BCUT2D eigenvalue weighted by Gasteiger charge is 2.47. The van der Waals surface area contributed by atoms with Gasteiger partial charge in [-0.2, -0.15) is 0 Å². The number of esters is 1. The van der Waals surface area contributed by atoms with Crippen LogP contribution >= 0.6 is 0 Å². The van der Waals surface area contributed by atoms with E-state index in [1.165, 1.54) is 77.0 Å². The van der Waals surface area contributed by atoms with E-state index in [0.717, 1.165) is 64.2 Å². The molecular formula is C47H86O14. The fourth-order valence-electron chi connectivity index (χ4n) is 7.49. The number of hydrogen-bond donors (Lipinski definition) is 7. The predicted molar refractivity (Wildman–Crippen MR) is 233 cm³/mol. The number of carbonyl (C=O) groups excluding carboxylic acids is 1. The van der Waals surface area contributed by atoms with Crippen LogP contribution in [0, 0.1) is 0 Å². The van der Waals surface area contributed by atoms with Crippen LogP contribution < -0.4 is 0 Å². The second-order valence-corrected chi connectivity index (χ2v) is 16.9. The Bertz CT molecular complexity index is 1110. The Morgan fingerprint density at radius 1 is 0.541 bits per heavy atom. The largest absolute Gasteiger partial charge is 0.457 e. The number of unbranched alkanes of at least 4 members (excludes halogenated alkanes) is 19. The van der Waals surface area contributed by atoms with Crippen molar-refractivity contribution >= 4 is 5.97 Å². The molecule has 0 spiro atoms. The lowest BCUT2D eigenvalue weighted by Crippen LogP contribution is -2.61. The fraction of sp³-hybridized carbons (Fsp3) is 0.894. The molecule has 0 aromatic carbocycles. The Hall–Kier alpha value is -1.53. The van der Waals surface area contributed by atoms with Gasteiger partial charge in [0.05, 0.1) is 26.4 Å². The van der Waals surface area contributed by atoms with Crippen molar-refractivity contribution in [2.45, 2.75) is 235 Å². The summed E-state index contributed by atoms with van der Waals surface area (Å²) in [5.74, 6) is -0.389. The Labute approximate surface area is 367 Å². The van der Waals surface area contributed by atoms with Crippen LogP contribution in [-0.2, 0) is 33.2 Å². The summed E-state index contributed by atoms with van der Waals surface area (Å²) >= 11 is 0. The molecule has 7 N–H and O–H groups in total. The predicted octanol–water partition coefficient (Wildman–Crippen LogP) is 6.07. The molecule has 14 heteroatoms. The van der Waals surface area contributed by atoms with Crippen molar-refractivity contribution in [3.63, 3.8) is 0 Å². The van der Waals surface area contributed by atoms with Gasteiger partial charge in [0.15, 0.2) is 12.6 Å². The Balaban J connectivity index is 1.81. The molecule has 2 fully saturated rings. The Morgan fingerprint density at radius 2 is 1.02 bits per heavy atom. The summed E-state index contributed by atoms with van der Waals surface area (Å²) in [6.45, 7) is 3.64. The van der Waals surface area contributed by atoms with Gasteiger partial charge in [-0.3, -0.25) is 4.79 Å².